The molecule has 4 rings (SSSR count). The Balaban J connectivity index is 1.48. The summed E-state index contributed by atoms with van der Waals surface area (Å²) in [5.74, 6) is 1.98. The van der Waals surface area contributed by atoms with Crippen molar-refractivity contribution in [1.82, 2.24) is 24.8 Å². The summed E-state index contributed by atoms with van der Waals surface area (Å²) in [6, 6.07) is 2.18. The molecule has 2 aromatic heterocycles. The fourth-order valence-corrected chi connectivity index (χ4v) is 5.94. The molecule has 2 aromatic rings. The Morgan fingerprint density at radius 1 is 1.14 bits per heavy atom. The monoisotopic (exact) mass is 496 g/mol. The number of likely N-dealkylation sites (N-methyl/N-ethyl adjacent to an activating group) is 1. The van der Waals surface area contributed by atoms with E-state index in [2.05, 4.69) is 75.7 Å². The molecular weight excluding hydrogens is 448 g/mol. The van der Waals surface area contributed by atoms with E-state index in [4.69, 9.17) is 4.98 Å². The lowest BCUT2D eigenvalue weighted by molar-refractivity contribution is -0.127. The predicted octanol–water partition coefficient (Wildman–Crippen LogP) is 4.58. The smallest absolute Gasteiger partial charge is 0.226 e. The molecule has 7 heteroatoms. The van der Waals surface area contributed by atoms with Crippen molar-refractivity contribution >= 4 is 17.4 Å². The highest BCUT2D eigenvalue weighted by Crippen LogP contribution is 2.37. The van der Waals surface area contributed by atoms with Crippen LogP contribution in [0.2, 0.25) is 0 Å². The van der Waals surface area contributed by atoms with Gasteiger partial charge in [0.1, 0.15) is 5.82 Å². The largest absolute Gasteiger partial charge is 0.354 e. The lowest BCUT2D eigenvalue weighted by Crippen LogP contribution is -2.56. The van der Waals surface area contributed by atoms with E-state index in [0.717, 1.165) is 69.7 Å². The number of carbonyl (C=O) groups excluding carboxylic acids is 1. The van der Waals surface area contributed by atoms with Gasteiger partial charge in [0.25, 0.3) is 0 Å². The number of nitrogens with one attached hydrogen (secondary N) is 1. The summed E-state index contributed by atoms with van der Waals surface area (Å²) in [4.78, 5) is 23.1. The molecule has 4 heterocycles. The normalized spacial score (nSPS) is 19.5. The van der Waals surface area contributed by atoms with Gasteiger partial charge in [0, 0.05) is 50.3 Å². The Labute approximate surface area is 218 Å². The van der Waals surface area contributed by atoms with Crippen LogP contribution in [0.15, 0.2) is 12.3 Å². The molecule has 0 saturated carbocycles. The first-order valence-electron chi connectivity index (χ1n) is 14.0. The van der Waals surface area contributed by atoms with E-state index in [0.29, 0.717) is 5.92 Å². The van der Waals surface area contributed by atoms with E-state index < -0.39 is 0 Å². The van der Waals surface area contributed by atoms with Crippen molar-refractivity contribution in [2.45, 2.75) is 86.6 Å². The van der Waals surface area contributed by atoms with Crippen molar-refractivity contribution in [2.24, 2.45) is 22.7 Å². The molecule has 7 nitrogen and oxygen atoms in total. The first-order chi connectivity index (χ1) is 16.9. The first-order valence-corrected chi connectivity index (χ1v) is 14.0. The highest BCUT2D eigenvalue weighted by molar-refractivity contribution is 5.82. The Morgan fingerprint density at radius 3 is 2.50 bits per heavy atom. The number of anilines is 1. The number of fused-ring (bicyclic) bond motifs is 2. The second-order valence-corrected chi connectivity index (χ2v) is 13.3. The van der Waals surface area contributed by atoms with E-state index in [1.807, 2.05) is 16.8 Å². The summed E-state index contributed by atoms with van der Waals surface area (Å²) < 4.78 is 1.98. The number of rotatable bonds is 8. The second-order valence-electron chi connectivity index (χ2n) is 13.3. The summed E-state index contributed by atoms with van der Waals surface area (Å²) in [7, 11) is 2.18. The Hall–Kier alpha value is -2.15. The molecule has 2 aliphatic rings. The predicted molar refractivity (Wildman–Crippen MR) is 147 cm³/mol. The quantitative estimate of drug-likeness (QED) is 0.580. The summed E-state index contributed by atoms with van der Waals surface area (Å²) in [5, 5.41) is 8.09. The van der Waals surface area contributed by atoms with Gasteiger partial charge in [-0.3, -0.25) is 4.79 Å². The molecule has 1 saturated heterocycles. The molecule has 0 spiro atoms. The van der Waals surface area contributed by atoms with Crippen molar-refractivity contribution in [3.63, 3.8) is 0 Å². The first kappa shape index (κ1) is 26.9. The van der Waals surface area contributed by atoms with E-state index in [1.54, 1.807) is 0 Å². The number of hydrogen-bond donors (Lipinski definition) is 1. The lowest BCUT2D eigenvalue weighted by atomic mass is 9.72. The average Bonchev–Trinajstić information content (AvgIpc) is 3.13. The van der Waals surface area contributed by atoms with Gasteiger partial charge in [0.05, 0.1) is 17.8 Å². The molecule has 2 atom stereocenters. The zero-order valence-corrected chi connectivity index (χ0v) is 23.9. The van der Waals surface area contributed by atoms with Gasteiger partial charge >= 0.3 is 0 Å². The van der Waals surface area contributed by atoms with Crippen LogP contribution >= 0.6 is 0 Å². The van der Waals surface area contributed by atoms with Gasteiger partial charge in [-0.1, -0.05) is 54.9 Å². The standard InChI is InChI=1S/C29H48N6O/c1-9-20(2)29(6,7)17-22(16-28(3,4)5)31-26(36)21-18-34(19-21)27-23-11-14-33(8)15-12-24(23)32-25-10-13-30-35(25)27/h10,13,20-22H,9,11-12,14-19H2,1-8H3,(H,31,36). The molecule has 200 valence electrons. The zero-order chi connectivity index (χ0) is 26.3. The molecular formula is C29H48N6O. The Bertz CT molecular complexity index is 1060. The van der Waals surface area contributed by atoms with Gasteiger partial charge in [-0.25, -0.2) is 4.98 Å². The lowest BCUT2D eigenvalue weighted by Gasteiger charge is -2.42. The van der Waals surface area contributed by atoms with Crippen molar-refractivity contribution in [3.8, 4) is 0 Å². The topological polar surface area (TPSA) is 65.8 Å². The molecule has 36 heavy (non-hydrogen) atoms. The van der Waals surface area contributed by atoms with Gasteiger partial charge in [0.15, 0.2) is 5.65 Å². The highest BCUT2D eigenvalue weighted by Gasteiger charge is 2.38. The van der Waals surface area contributed by atoms with Crippen molar-refractivity contribution in [1.29, 1.82) is 0 Å². The third-order valence-electron chi connectivity index (χ3n) is 8.64. The summed E-state index contributed by atoms with van der Waals surface area (Å²) in [5.41, 5.74) is 3.75. The van der Waals surface area contributed by atoms with Crippen molar-refractivity contribution in [2.75, 3.05) is 38.1 Å². The van der Waals surface area contributed by atoms with Crippen molar-refractivity contribution in [3.05, 3.63) is 23.5 Å². The maximum atomic E-state index is 13.4. The SMILES string of the molecule is CCC(C)C(C)(C)CC(CC(C)(C)C)NC(=O)C1CN(c2c3c(nc4ccnn24)CCN(C)CC3)C1. The van der Waals surface area contributed by atoms with Crippen LogP contribution in [0, 0.1) is 22.7 Å². The minimum Gasteiger partial charge on any atom is -0.354 e. The Morgan fingerprint density at radius 2 is 1.83 bits per heavy atom. The van der Waals surface area contributed by atoms with Gasteiger partial charge in [-0.2, -0.15) is 9.61 Å². The third-order valence-corrected chi connectivity index (χ3v) is 8.64. The van der Waals surface area contributed by atoms with Crippen LogP contribution in [-0.4, -0.2) is 64.7 Å². The Kier molecular flexibility index (Phi) is 7.70. The number of hydrogen-bond acceptors (Lipinski definition) is 5. The fourth-order valence-electron chi connectivity index (χ4n) is 5.94. The van der Waals surface area contributed by atoms with Crippen LogP contribution in [-0.2, 0) is 17.6 Å². The van der Waals surface area contributed by atoms with Crippen LogP contribution in [0.3, 0.4) is 0 Å². The molecule has 2 aliphatic heterocycles. The van der Waals surface area contributed by atoms with Crippen LogP contribution in [0.1, 0.15) is 79.0 Å². The average molecular weight is 497 g/mol. The maximum absolute atomic E-state index is 13.4. The number of aromatic nitrogens is 3. The third kappa shape index (κ3) is 5.87. The minimum absolute atomic E-state index is 0.0158. The number of amides is 1. The summed E-state index contributed by atoms with van der Waals surface area (Å²) >= 11 is 0. The van der Waals surface area contributed by atoms with Gasteiger partial charge in [-0.15, -0.1) is 0 Å². The molecule has 0 aromatic carbocycles. The van der Waals surface area contributed by atoms with Crippen LogP contribution < -0.4 is 10.2 Å². The van der Waals surface area contributed by atoms with E-state index in [9.17, 15) is 4.79 Å². The molecule has 1 fully saturated rings. The van der Waals surface area contributed by atoms with E-state index >= 15 is 0 Å². The minimum atomic E-state index is 0.0158. The van der Waals surface area contributed by atoms with Crippen LogP contribution in [0.25, 0.3) is 5.65 Å². The number of carbonyl (C=O) groups is 1. The van der Waals surface area contributed by atoms with E-state index in [1.165, 1.54) is 11.3 Å². The molecule has 0 aliphatic carbocycles. The van der Waals surface area contributed by atoms with Crippen LogP contribution in [0.5, 0.6) is 0 Å². The van der Waals surface area contributed by atoms with Gasteiger partial charge < -0.3 is 15.1 Å². The van der Waals surface area contributed by atoms with Crippen molar-refractivity contribution < 1.29 is 4.79 Å². The van der Waals surface area contributed by atoms with E-state index in [-0.39, 0.29) is 28.7 Å². The fraction of sp³-hybridized carbons (Fsp3) is 0.759. The second kappa shape index (κ2) is 10.3. The van der Waals surface area contributed by atoms with Gasteiger partial charge in [-0.05, 0) is 43.1 Å². The van der Waals surface area contributed by atoms with Crippen LogP contribution in [0.4, 0.5) is 5.82 Å². The zero-order valence-electron chi connectivity index (χ0n) is 23.9. The molecule has 1 N–H and O–H groups in total. The maximum Gasteiger partial charge on any atom is 0.226 e. The summed E-state index contributed by atoms with van der Waals surface area (Å²) in [6.45, 7) is 19.7. The molecule has 0 bridgehead atoms. The highest BCUT2D eigenvalue weighted by atomic mass is 16.2. The number of nitrogens with zero attached hydrogens (tertiary/aromatic N) is 5. The molecule has 1 amide bonds. The summed E-state index contributed by atoms with van der Waals surface area (Å²) in [6.07, 6.45) is 6.93. The van der Waals surface area contributed by atoms with Gasteiger partial charge in [0.2, 0.25) is 5.91 Å². The molecule has 0 radical (unpaired) electrons. The molecule has 2 unspecified atom stereocenters.